The number of nitrogens with one attached hydrogen (secondary N) is 1. The summed E-state index contributed by atoms with van der Waals surface area (Å²) in [6.07, 6.45) is 3.39. The lowest BCUT2D eigenvalue weighted by molar-refractivity contribution is 0.587. The van der Waals surface area contributed by atoms with Gasteiger partial charge >= 0.3 is 6.01 Å². The summed E-state index contributed by atoms with van der Waals surface area (Å²) >= 11 is 0. The lowest BCUT2D eigenvalue weighted by atomic mass is 10.0. The number of hydrogen-bond donors (Lipinski definition) is 1. The molecule has 5 heteroatoms. The Hall–Kier alpha value is -2.69. The van der Waals surface area contributed by atoms with Crippen LogP contribution >= 0.6 is 0 Å². The molecule has 1 aromatic carbocycles. The summed E-state index contributed by atoms with van der Waals surface area (Å²) in [5, 5.41) is 11.1. The minimum absolute atomic E-state index is 0.367. The summed E-state index contributed by atoms with van der Waals surface area (Å²) in [5.41, 5.74) is 3.01. The van der Waals surface area contributed by atoms with Crippen molar-refractivity contribution in [2.45, 2.75) is 19.8 Å². The van der Waals surface area contributed by atoms with Crippen molar-refractivity contribution in [3.8, 4) is 11.5 Å². The van der Waals surface area contributed by atoms with Crippen molar-refractivity contribution < 1.29 is 4.42 Å². The number of benzene rings is 1. The first-order valence-electron chi connectivity index (χ1n) is 6.83. The van der Waals surface area contributed by atoms with Gasteiger partial charge in [0, 0.05) is 18.1 Å². The minimum atomic E-state index is 0.367. The molecule has 0 saturated carbocycles. The third-order valence-electron chi connectivity index (χ3n) is 3.16. The number of nitrogens with zero attached hydrogens (tertiary/aromatic N) is 3. The van der Waals surface area contributed by atoms with E-state index >= 15 is 0 Å². The van der Waals surface area contributed by atoms with Crippen LogP contribution < -0.4 is 5.32 Å². The van der Waals surface area contributed by atoms with Crippen molar-refractivity contribution in [2.75, 3.05) is 5.32 Å². The molecule has 5 nitrogen and oxygen atoms in total. The maximum Gasteiger partial charge on any atom is 0.320 e. The second-order valence-corrected chi connectivity index (χ2v) is 5.06. The van der Waals surface area contributed by atoms with Crippen molar-refractivity contribution >= 4 is 11.7 Å². The molecule has 21 heavy (non-hydrogen) atoms. The summed E-state index contributed by atoms with van der Waals surface area (Å²) in [4.78, 5) is 4.03. The second kappa shape index (κ2) is 5.75. The topological polar surface area (TPSA) is 63.8 Å². The van der Waals surface area contributed by atoms with E-state index in [1.54, 1.807) is 12.4 Å². The fourth-order valence-electron chi connectivity index (χ4n) is 1.95. The molecule has 3 aromatic rings. The van der Waals surface area contributed by atoms with Gasteiger partial charge in [-0.1, -0.05) is 31.1 Å². The van der Waals surface area contributed by atoms with Gasteiger partial charge in [-0.2, -0.15) is 0 Å². The van der Waals surface area contributed by atoms with E-state index in [0.717, 1.165) is 11.3 Å². The predicted octanol–water partition coefficient (Wildman–Crippen LogP) is 4.00. The van der Waals surface area contributed by atoms with Crippen LogP contribution in [-0.4, -0.2) is 15.2 Å². The zero-order valence-electron chi connectivity index (χ0n) is 11.9. The Labute approximate surface area is 123 Å². The van der Waals surface area contributed by atoms with E-state index in [9.17, 15) is 0 Å². The van der Waals surface area contributed by atoms with Gasteiger partial charge in [0.1, 0.15) is 0 Å². The number of hydrogen-bond acceptors (Lipinski definition) is 5. The van der Waals surface area contributed by atoms with E-state index in [1.165, 1.54) is 5.56 Å². The summed E-state index contributed by atoms with van der Waals surface area (Å²) in [5.74, 6) is 0.962. The largest absolute Gasteiger partial charge is 0.403 e. The van der Waals surface area contributed by atoms with Gasteiger partial charge in [0.15, 0.2) is 0 Å². The fraction of sp³-hybridized carbons (Fsp3) is 0.188. The Balaban J connectivity index is 1.75. The standard InChI is InChI=1S/C16H16N4O/c1-11(2)12-5-7-14(8-6-12)18-16-20-19-15(21-16)13-4-3-9-17-10-13/h3-11H,1-2H3,(H,18,20). The SMILES string of the molecule is CC(C)c1ccc(Nc2nnc(-c3cccnc3)o2)cc1. The zero-order chi connectivity index (χ0) is 14.7. The second-order valence-electron chi connectivity index (χ2n) is 5.06. The van der Waals surface area contributed by atoms with Crippen LogP contribution in [0.4, 0.5) is 11.7 Å². The van der Waals surface area contributed by atoms with Gasteiger partial charge < -0.3 is 9.73 Å². The van der Waals surface area contributed by atoms with Gasteiger partial charge in [0.2, 0.25) is 0 Å². The average molecular weight is 280 g/mol. The highest BCUT2D eigenvalue weighted by molar-refractivity contribution is 5.55. The van der Waals surface area contributed by atoms with Crippen LogP contribution in [0.25, 0.3) is 11.5 Å². The van der Waals surface area contributed by atoms with Crippen molar-refractivity contribution in [3.05, 3.63) is 54.4 Å². The van der Waals surface area contributed by atoms with Gasteiger partial charge in [0.25, 0.3) is 5.89 Å². The monoisotopic (exact) mass is 280 g/mol. The first-order valence-corrected chi connectivity index (χ1v) is 6.83. The third-order valence-corrected chi connectivity index (χ3v) is 3.16. The first-order chi connectivity index (χ1) is 10.2. The molecule has 106 valence electrons. The first kappa shape index (κ1) is 13.3. The van der Waals surface area contributed by atoms with Crippen LogP contribution in [0.3, 0.4) is 0 Å². The van der Waals surface area contributed by atoms with Gasteiger partial charge in [-0.05, 0) is 35.7 Å². The molecule has 0 radical (unpaired) electrons. The summed E-state index contributed by atoms with van der Waals surface area (Å²) < 4.78 is 5.58. The van der Waals surface area contributed by atoms with Crippen molar-refractivity contribution in [1.82, 2.24) is 15.2 Å². The lowest BCUT2D eigenvalue weighted by Gasteiger charge is -2.06. The summed E-state index contributed by atoms with van der Waals surface area (Å²) in [6, 6.07) is 12.3. The molecular weight excluding hydrogens is 264 g/mol. The third kappa shape index (κ3) is 3.08. The molecule has 0 aliphatic heterocycles. The maximum absolute atomic E-state index is 5.58. The molecule has 0 fully saturated rings. The van der Waals surface area contributed by atoms with Gasteiger partial charge in [0.05, 0.1) is 5.56 Å². The number of pyridine rings is 1. The van der Waals surface area contributed by atoms with Crippen LogP contribution in [0.15, 0.2) is 53.2 Å². The molecule has 0 atom stereocenters. The highest BCUT2D eigenvalue weighted by atomic mass is 16.4. The van der Waals surface area contributed by atoms with Crippen molar-refractivity contribution in [1.29, 1.82) is 0 Å². The van der Waals surface area contributed by atoms with Gasteiger partial charge in [-0.25, -0.2) is 0 Å². The summed E-state index contributed by atoms with van der Waals surface area (Å²) in [7, 11) is 0. The van der Waals surface area contributed by atoms with E-state index in [4.69, 9.17) is 4.42 Å². The summed E-state index contributed by atoms with van der Waals surface area (Å²) in [6.45, 7) is 4.33. The van der Waals surface area contributed by atoms with E-state index < -0.39 is 0 Å². The molecule has 0 unspecified atom stereocenters. The molecule has 3 rings (SSSR count). The van der Waals surface area contributed by atoms with Crippen LogP contribution in [-0.2, 0) is 0 Å². The Bertz CT molecular complexity index is 705. The zero-order valence-corrected chi connectivity index (χ0v) is 11.9. The smallest absolute Gasteiger partial charge is 0.320 e. The van der Waals surface area contributed by atoms with Crippen LogP contribution in [0.2, 0.25) is 0 Å². The number of aromatic nitrogens is 3. The molecular formula is C16H16N4O. The minimum Gasteiger partial charge on any atom is -0.403 e. The Morgan fingerprint density at radius 1 is 1.05 bits per heavy atom. The maximum atomic E-state index is 5.58. The van der Waals surface area contributed by atoms with E-state index in [2.05, 4.69) is 46.5 Å². The van der Waals surface area contributed by atoms with Crippen molar-refractivity contribution in [3.63, 3.8) is 0 Å². The fourth-order valence-corrected chi connectivity index (χ4v) is 1.95. The van der Waals surface area contributed by atoms with E-state index in [-0.39, 0.29) is 0 Å². The molecule has 1 N–H and O–H groups in total. The van der Waals surface area contributed by atoms with Crippen LogP contribution in [0.1, 0.15) is 25.3 Å². The quantitative estimate of drug-likeness (QED) is 0.782. The molecule has 0 bridgehead atoms. The number of rotatable bonds is 4. The Morgan fingerprint density at radius 2 is 1.86 bits per heavy atom. The Morgan fingerprint density at radius 3 is 2.52 bits per heavy atom. The van der Waals surface area contributed by atoms with E-state index in [1.807, 2.05) is 24.3 Å². The molecule has 0 spiro atoms. The normalized spacial score (nSPS) is 10.8. The Kier molecular flexibility index (Phi) is 3.64. The molecule has 0 saturated heterocycles. The van der Waals surface area contributed by atoms with Crippen molar-refractivity contribution in [2.24, 2.45) is 0 Å². The number of anilines is 2. The highest BCUT2D eigenvalue weighted by Gasteiger charge is 2.08. The molecule has 0 aliphatic carbocycles. The predicted molar refractivity (Wildman–Crippen MR) is 81.3 cm³/mol. The lowest BCUT2D eigenvalue weighted by Crippen LogP contribution is -1.92. The molecule has 2 aromatic heterocycles. The van der Waals surface area contributed by atoms with Crippen LogP contribution in [0.5, 0.6) is 0 Å². The van der Waals surface area contributed by atoms with Gasteiger partial charge in [-0.3, -0.25) is 4.98 Å². The van der Waals surface area contributed by atoms with E-state index in [0.29, 0.717) is 17.8 Å². The average Bonchev–Trinajstić information content (AvgIpc) is 2.97. The highest BCUT2D eigenvalue weighted by Crippen LogP contribution is 2.22. The van der Waals surface area contributed by atoms with Crippen LogP contribution in [0, 0.1) is 0 Å². The molecule has 0 amide bonds. The molecule has 2 heterocycles. The van der Waals surface area contributed by atoms with Gasteiger partial charge in [-0.15, -0.1) is 5.10 Å². The molecule has 0 aliphatic rings.